The largest absolute Gasteiger partial charge is 0.490 e. The van der Waals surface area contributed by atoms with Crippen LogP contribution in [-0.4, -0.2) is 87.6 Å². The van der Waals surface area contributed by atoms with Crippen molar-refractivity contribution in [2.24, 2.45) is 0 Å². The van der Waals surface area contributed by atoms with Gasteiger partial charge in [0.2, 0.25) is 5.91 Å². The third kappa shape index (κ3) is 8.27. The number of alkyl halides is 1. The van der Waals surface area contributed by atoms with Crippen LogP contribution in [0.1, 0.15) is 11.8 Å². The molecule has 0 radical (unpaired) electrons. The molecule has 1 aliphatic rings. The van der Waals surface area contributed by atoms with Crippen LogP contribution < -0.4 is 11.1 Å². The van der Waals surface area contributed by atoms with Crippen molar-refractivity contribution >= 4 is 57.8 Å². The summed E-state index contributed by atoms with van der Waals surface area (Å²) in [5.41, 5.74) is 6.32. The van der Waals surface area contributed by atoms with Crippen LogP contribution in [0.5, 0.6) is 0 Å². The van der Waals surface area contributed by atoms with Gasteiger partial charge >= 0.3 is 23.5 Å². The summed E-state index contributed by atoms with van der Waals surface area (Å²) in [6, 6.07) is 0. The summed E-state index contributed by atoms with van der Waals surface area (Å²) in [6.45, 7) is -1.07. The van der Waals surface area contributed by atoms with Gasteiger partial charge in [0, 0.05) is 6.20 Å². The highest BCUT2D eigenvalue weighted by atomic mass is 35.5. The van der Waals surface area contributed by atoms with Crippen LogP contribution in [0, 0.1) is 11.8 Å². The van der Waals surface area contributed by atoms with Gasteiger partial charge in [-0.05, 0) is 0 Å². The van der Waals surface area contributed by atoms with Crippen LogP contribution in [0.4, 0.5) is 5.82 Å². The van der Waals surface area contributed by atoms with Gasteiger partial charge < -0.3 is 50.1 Å². The maximum atomic E-state index is 12.0. The number of aromatic nitrogens is 3. The molecule has 1 fully saturated rings. The van der Waals surface area contributed by atoms with Crippen molar-refractivity contribution in [1.82, 2.24) is 19.9 Å². The van der Waals surface area contributed by atoms with Crippen molar-refractivity contribution in [3.8, 4) is 11.8 Å². The van der Waals surface area contributed by atoms with Crippen molar-refractivity contribution < 1.29 is 66.2 Å². The second-order valence-corrected chi connectivity index (χ2v) is 12.2. The van der Waals surface area contributed by atoms with Crippen LogP contribution >= 0.6 is 35.1 Å². The Balaban J connectivity index is 1.79. The number of nitrogens with two attached hydrogens (primary N) is 1. The number of nitrogen functional groups attached to an aromatic ring is 1. The van der Waals surface area contributed by atoms with E-state index in [4.69, 9.17) is 31.9 Å². The van der Waals surface area contributed by atoms with Gasteiger partial charge in [0.05, 0.1) is 24.1 Å². The Labute approximate surface area is 223 Å². The Morgan fingerprint density at radius 2 is 1.85 bits per heavy atom. The van der Waals surface area contributed by atoms with E-state index in [0.29, 0.717) is 0 Å². The molecule has 23 heteroatoms. The molecule has 6 atom stereocenters. The zero-order valence-electron chi connectivity index (χ0n) is 19.2. The number of anilines is 1. The first-order chi connectivity index (χ1) is 18.0. The predicted octanol–water partition coefficient (Wildman–Crippen LogP) is -1.32. The van der Waals surface area contributed by atoms with Gasteiger partial charge in [-0.3, -0.25) is 9.32 Å². The van der Waals surface area contributed by atoms with Crippen molar-refractivity contribution in [3.63, 3.8) is 0 Å². The lowest BCUT2D eigenvalue weighted by molar-refractivity contribution is -0.118. The zero-order valence-corrected chi connectivity index (χ0v) is 22.6. The van der Waals surface area contributed by atoms with E-state index in [9.17, 15) is 38.5 Å². The monoisotopic (exact) mass is 635 g/mol. The van der Waals surface area contributed by atoms with Crippen molar-refractivity contribution in [3.05, 3.63) is 18.1 Å². The van der Waals surface area contributed by atoms with Crippen molar-refractivity contribution in [2.45, 2.75) is 24.5 Å². The number of phosphoric acid groups is 3. The molecule has 0 aliphatic carbocycles. The number of hydrogen-bond acceptors (Lipinski definition) is 13. The Bertz CT molecular complexity index is 1440. The zero-order chi connectivity index (χ0) is 29.2. The van der Waals surface area contributed by atoms with E-state index in [0.717, 1.165) is 6.33 Å². The van der Waals surface area contributed by atoms with Gasteiger partial charge in [0.1, 0.15) is 42.0 Å². The normalized spacial score (nSPS) is 24.5. The van der Waals surface area contributed by atoms with Crippen LogP contribution in [0.3, 0.4) is 0 Å². The van der Waals surface area contributed by atoms with Crippen LogP contribution in [0.15, 0.2) is 12.5 Å². The number of nitrogens with one attached hydrogen (secondary N) is 1. The molecular formula is C16H21ClN5O14P3. The molecule has 3 heterocycles. The van der Waals surface area contributed by atoms with Gasteiger partial charge in [0.25, 0.3) is 0 Å². The fourth-order valence-corrected chi connectivity index (χ4v) is 6.42. The number of ether oxygens (including phenoxy) is 1. The van der Waals surface area contributed by atoms with Gasteiger partial charge in [-0.2, -0.15) is 8.62 Å². The molecule has 3 rings (SSSR count). The molecule has 19 nitrogen and oxygen atoms in total. The fourth-order valence-electron chi connectivity index (χ4n) is 3.29. The number of amides is 1. The average Bonchev–Trinajstić information content (AvgIpc) is 3.31. The highest BCUT2D eigenvalue weighted by Crippen LogP contribution is 2.66. The number of rotatable bonds is 10. The van der Waals surface area contributed by atoms with Crippen LogP contribution in [0.25, 0.3) is 11.0 Å². The topological polar surface area (TPSA) is 295 Å². The molecule has 1 saturated heterocycles. The molecule has 0 saturated carbocycles. The number of fused-ring (bicyclic) bond motifs is 1. The molecule has 1 aliphatic heterocycles. The predicted molar refractivity (Wildman–Crippen MR) is 128 cm³/mol. The Hall–Kier alpha value is -1.97. The Kier molecular flexibility index (Phi) is 9.93. The summed E-state index contributed by atoms with van der Waals surface area (Å²) in [6.07, 6.45) is -3.90. The Morgan fingerprint density at radius 1 is 1.15 bits per heavy atom. The molecule has 0 spiro atoms. The Morgan fingerprint density at radius 3 is 2.49 bits per heavy atom. The van der Waals surface area contributed by atoms with Crippen LogP contribution in [0.2, 0.25) is 0 Å². The third-order valence-electron chi connectivity index (χ3n) is 4.79. The second kappa shape index (κ2) is 12.3. The first kappa shape index (κ1) is 31.6. The van der Waals surface area contributed by atoms with E-state index < -0.39 is 60.5 Å². The number of aliphatic hydroxyl groups excluding tert-OH is 2. The van der Waals surface area contributed by atoms with E-state index >= 15 is 0 Å². The average molecular weight is 636 g/mol. The highest BCUT2D eigenvalue weighted by molar-refractivity contribution is 7.66. The standard InChI is InChI=1S/C16H21ClN5O14P3/c17-4-10(23)19-3-1-2-8-5-22(15-11(8)14(18)20-7-21-15)16-13(25)12(24)9(34-16)6-33-38(29,30)36-39(31,32)35-37(26,27)28/h5,7,9,12-13,16,24-25H,3-4,6H2,(H,19,23)(H,29,30)(H,31,32)(H2,18,20,21)(H2,26,27,28)/t9-,12-,13-,16-/m1/s1. The van der Waals surface area contributed by atoms with Gasteiger partial charge in [0.15, 0.2) is 6.23 Å². The molecule has 216 valence electrons. The quantitative estimate of drug-likeness (QED) is 0.0853. The third-order valence-corrected chi connectivity index (χ3v) is 8.83. The molecule has 9 N–H and O–H groups in total. The lowest BCUT2D eigenvalue weighted by atomic mass is 10.1. The number of nitrogens with zero attached hydrogens (tertiary/aromatic N) is 3. The smallest absolute Gasteiger partial charge is 0.387 e. The molecule has 39 heavy (non-hydrogen) atoms. The summed E-state index contributed by atoms with van der Waals surface area (Å²) < 4.78 is 52.7. The van der Waals surface area contributed by atoms with Crippen LogP contribution in [-0.2, 0) is 36.4 Å². The lowest BCUT2D eigenvalue weighted by Crippen LogP contribution is -2.33. The summed E-state index contributed by atoms with van der Waals surface area (Å²) in [5, 5.41) is 23.7. The van der Waals surface area contributed by atoms with E-state index in [1.807, 2.05) is 0 Å². The van der Waals surface area contributed by atoms with Crippen molar-refractivity contribution in [1.29, 1.82) is 0 Å². The number of hydrogen-bond donors (Lipinski definition) is 8. The second-order valence-electron chi connectivity index (χ2n) is 7.55. The molecule has 0 aromatic carbocycles. The summed E-state index contributed by atoms with van der Waals surface area (Å²) >= 11 is 5.40. The van der Waals surface area contributed by atoms with Crippen molar-refractivity contribution in [2.75, 3.05) is 24.8 Å². The highest BCUT2D eigenvalue weighted by Gasteiger charge is 2.47. The molecule has 2 aromatic heterocycles. The molecule has 1 amide bonds. The first-order valence-corrected chi connectivity index (χ1v) is 15.3. The maximum Gasteiger partial charge on any atom is 0.490 e. The number of phosphoric ester groups is 1. The number of carbonyl (C=O) groups is 1. The van der Waals surface area contributed by atoms with E-state index in [1.165, 1.54) is 10.8 Å². The van der Waals surface area contributed by atoms with Gasteiger partial charge in [-0.15, -0.1) is 11.6 Å². The van der Waals surface area contributed by atoms with E-state index in [1.54, 1.807) is 0 Å². The number of carbonyl (C=O) groups excluding carboxylic acids is 1. The minimum absolute atomic E-state index is 0.00471. The van der Waals surface area contributed by atoms with Gasteiger partial charge in [-0.1, -0.05) is 11.8 Å². The maximum absolute atomic E-state index is 12.0. The lowest BCUT2D eigenvalue weighted by Gasteiger charge is -2.19. The first-order valence-electron chi connectivity index (χ1n) is 10.3. The SMILES string of the molecule is Nc1ncnc2c1c(C#CCNC(=O)CCl)cn2[C@@H]1O[C@H](COP(=O)(O)OP(=O)(O)OP(=O)(O)O)[C@@H](O)[C@H]1O. The molecule has 0 bridgehead atoms. The summed E-state index contributed by atoms with van der Waals surface area (Å²) in [4.78, 5) is 55.2. The van der Waals surface area contributed by atoms with E-state index in [-0.39, 0.29) is 34.8 Å². The fraction of sp³-hybridized carbons (Fsp3) is 0.438. The minimum Gasteiger partial charge on any atom is -0.387 e. The van der Waals surface area contributed by atoms with Gasteiger partial charge in [-0.25, -0.2) is 23.7 Å². The van der Waals surface area contributed by atoms with E-state index in [2.05, 4.69) is 40.3 Å². The minimum atomic E-state index is -5.76. The molecule has 2 aromatic rings. The summed E-state index contributed by atoms with van der Waals surface area (Å²) in [5.74, 6) is 4.73. The molecule has 2 unspecified atom stereocenters. The summed E-state index contributed by atoms with van der Waals surface area (Å²) in [7, 11) is -16.9. The molecular weight excluding hydrogens is 615 g/mol. The number of aliphatic hydroxyl groups is 2. The number of halogens is 1.